The Hall–Kier alpha value is -2.16. The normalized spacial score (nSPS) is 11.7. The molecule has 0 saturated heterocycles. The minimum atomic E-state index is -0.465. The van der Waals surface area contributed by atoms with Gasteiger partial charge >= 0.3 is 0 Å². The summed E-state index contributed by atoms with van der Waals surface area (Å²) in [6.07, 6.45) is 0.579. The summed E-state index contributed by atoms with van der Waals surface area (Å²) in [5.41, 5.74) is 1.87. The lowest BCUT2D eigenvalue weighted by Crippen LogP contribution is -2.11. The number of Topliss-reactive ketones (excluding diaryl/α,β-unsaturated/α-hetero) is 1. The number of halogens is 1. The van der Waals surface area contributed by atoms with Crippen LogP contribution in [0, 0.1) is 6.92 Å². The largest absolute Gasteiger partial charge is 0.492 e. The van der Waals surface area contributed by atoms with Gasteiger partial charge in [-0.25, -0.2) is 4.98 Å². The van der Waals surface area contributed by atoms with Crippen molar-refractivity contribution in [2.45, 2.75) is 29.5 Å². The number of aromatic nitrogens is 1. The Bertz CT molecular complexity index is 1020. The van der Waals surface area contributed by atoms with Gasteiger partial charge in [-0.3, -0.25) is 9.59 Å². The highest BCUT2D eigenvalue weighted by atomic mass is 79.9. The fourth-order valence-corrected chi connectivity index (χ4v) is 5.89. The predicted molar refractivity (Wildman–Crippen MR) is 126 cm³/mol. The van der Waals surface area contributed by atoms with Crippen LogP contribution in [0.5, 0.6) is 5.75 Å². The van der Waals surface area contributed by atoms with E-state index in [-0.39, 0.29) is 5.78 Å². The summed E-state index contributed by atoms with van der Waals surface area (Å²) < 4.78 is 5.55. The van der Waals surface area contributed by atoms with E-state index in [4.69, 9.17) is 4.74 Å². The van der Waals surface area contributed by atoms with Crippen LogP contribution in [-0.2, 0) is 10.1 Å². The number of amides is 1. The number of carbonyl (C=O) groups is 2. The van der Waals surface area contributed by atoms with Gasteiger partial charge in [0.05, 0.1) is 22.6 Å². The number of ether oxygens (including phenoxy) is 1. The van der Waals surface area contributed by atoms with E-state index in [0.717, 1.165) is 20.5 Å². The molecule has 30 heavy (non-hydrogen) atoms. The van der Waals surface area contributed by atoms with E-state index in [1.807, 2.05) is 44.2 Å². The van der Waals surface area contributed by atoms with E-state index in [2.05, 4.69) is 26.2 Å². The van der Waals surface area contributed by atoms with Crippen LogP contribution in [-0.4, -0.2) is 23.8 Å². The maximum atomic E-state index is 13.6. The lowest BCUT2D eigenvalue weighted by Gasteiger charge is -2.17. The molecular formula is C22H21BrN2O3S2. The lowest BCUT2D eigenvalue weighted by molar-refractivity contribution is -0.105. The predicted octanol–water partition coefficient (Wildman–Crippen LogP) is 6.03. The Morgan fingerprint density at radius 1 is 1.30 bits per heavy atom. The minimum Gasteiger partial charge on any atom is -0.492 e. The molecule has 0 aliphatic carbocycles. The fourth-order valence-electron chi connectivity index (χ4n) is 2.93. The molecule has 156 valence electrons. The van der Waals surface area contributed by atoms with Gasteiger partial charge in [0.2, 0.25) is 6.41 Å². The van der Waals surface area contributed by atoms with Gasteiger partial charge in [0, 0.05) is 15.8 Å². The molecule has 1 aromatic heterocycles. The van der Waals surface area contributed by atoms with Crippen molar-refractivity contribution in [1.29, 1.82) is 0 Å². The van der Waals surface area contributed by atoms with Gasteiger partial charge in [-0.15, -0.1) is 11.3 Å². The van der Waals surface area contributed by atoms with Crippen LogP contribution in [0.3, 0.4) is 0 Å². The van der Waals surface area contributed by atoms with Crippen molar-refractivity contribution in [1.82, 2.24) is 4.98 Å². The summed E-state index contributed by atoms with van der Waals surface area (Å²) in [7, 11) is 0. The Morgan fingerprint density at radius 2 is 2.07 bits per heavy atom. The summed E-state index contributed by atoms with van der Waals surface area (Å²) in [5, 5.41) is 4.67. The Kier molecular flexibility index (Phi) is 8.07. The van der Waals surface area contributed by atoms with Gasteiger partial charge in [0.1, 0.15) is 10.8 Å². The van der Waals surface area contributed by atoms with Crippen LogP contribution >= 0.6 is 39.0 Å². The molecule has 0 aliphatic rings. The number of thiazole rings is 1. The molecule has 1 amide bonds. The molecule has 0 saturated carbocycles. The van der Waals surface area contributed by atoms with Gasteiger partial charge in [0.15, 0.2) is 5.78 Å². The van der Waals surface area contributed by atoms with E-state index in [1.165, 1.54) is 11.8 Å². The number of benzene rings is 2. The zero-order chi connectivity index (χ0) is 21.5. The molecule has 1 N–H and O–H groups in total. The SMILES string of the molecule is CCOc1ccc(C(=O)C(Sc2nc(C)sc2CBr)c2ccccc2)cc1NC=O. The number of thioether (sulfide) groups is 1. The molecule has 5 nitrogen and oxygen atoms in total. The highest BCUT2D eigenvalue weighted by Crippen LogP contribution is 2.41. The zero-order valence-electron chi connectivity index (χ0n) is 16.6. The molecule has 1 unspecified atom stereocenters. The number of nitrogens with one attached hydrogen (secondary N) is 1. The first-order valence-corrected chi connectivity index (χ1v) is 12.1. The highest BCUT2D eigenvalue weighted by molar-refractivity contribution is 9.08. The average molecular weight is 505 g/mol. The van der Waals surface area contributed by atoms with E-state index < -0.39 is 5.25 Å². The second-order valence-electron chi connectivity index (χ2n) is 6.27. The second-order valence-corrected chi connectivity index (χ2v) is 9.22. The van der Waals surface area contributed by atoms with Crippen LogP contribution in [0.1, 0.15) is 38.0 Å². The quantitative estimate of drug-likeness (QED) is 0.158. The van der Waals surface area contributed by atoms with Gasteiger partial charge in [-0.05, 0) is 37.6 Å². The number of hydrogen-bond donors (Lipinski definition) is 1. The van der Waals surface area contributed by atoms with E-state index in [0.29, 0.717) is 35.3 Å². The van der Waals surface area contributed by atoms with Crippen molar-refractivity contribution in [2.75, 3.05) is 11.9 Å². The number of alkyl halides is 1. The van der Waals surface area contributed by atoms with Gasteiger partial charge in [0.25, 0.3) is 0 Å². The first-order chi connectivity index (χ1) is 14.6. The third-order valence-electron chi connectivity index (χ3n) is 4.24. The van der Waals surface area contributed by atoms with Crippen LogP contribution in [0.2, 0.25) is 0 Å². The van der Waals surface area contributed by atoms with Crippen molar-refractivity contribution in [3.05, 3.63) is 69.5 Å². The molecule has 0 bridgehead atoms. The van der Waals surface area contributed by atoms with Crippen molar-refractivity contribution in [2.24, 2.45) is 0 Å². The molecule has 0 fully saturated rings. The molecular weight excluding hydrogens is 484 g/mol. The number of hydrogen-bond acceptors (Lipinski definition) is 6. The van der Waals surface area contributed by atoms with Crippen molar-refractivity contribution < 1.29 is 14.3 Å². The second kappa shape index (κ2) is 10.7. The lowest BCUT2D eigenvalue weighted by atomic mass is 10.0. The molecule has 0 aliphatic heterocycles. The smallest absolute Gasteiger partial charge is 0.211 e. The van der Waals surface area contributed by atoms with E-state index >= 15 is 0 Å². The third kappa shape index (κ3) is 5.30. The zero-order valence-corrected chi connectivity index (χ0v) is 19.8. The van der Waals surface area contributed by atoms with Crippen LogP contribution in [0.15, 0.2) is 53.6 Å². The van der Waals surface area contributed by atoms with Gasteiger partial charge in [-0.1, -0.05) is 58.0 Å². The third-order valence-corrected chi connectivity index (χ3v) is 7.55. The summed E-state index contributed by atoms with van der Waals surface area (Å²) in [6, 6.07) is 14.8. The number of ketones is 1. The van der Waals surface area contributed by atoms with Gasteiger partial charge in [-0.2, -0.15) is 0 Å². The topological polar surface area (TPSA) is 68.3 Å². The van der Waals surface area contributed by atoms with Crippen LogP contribution in [0.25, 0.3) is 0 Å². The number of aryl methyl sites for hydroxylation is 1. The molecule has 1 heterocycles. The summed E-state index contributed by atoms with van der Waals surface area (Å²) in [4.78, 5) is 30.3. The number of nitrogens with zero attached hydrogens (tertiary/aromatic N) is 1. The average Bonchev–Trinajstić information content (AvgIpc) is 3.13. The summed E-state index contributed by atoms with van der Waals surface area (Å²) >= 11 is 6.59. The summed E-state index contributed by atoms with van der Waals surface area (Å²) in [6.45, 7) is 4.29. The molecule has 3 rings (SSSR count). The Balaban J connectivity index is 2.00. The maximum absolute atomic E-state index is 13.6. The van der Waals surface area contributed by atoms with Crippen LogP contribution in [0.4, 0.5) is 5.69 Å². The van der Waals surface area contributed by atoms with E-state index in [1.54, 1.807) is 29.5 Å². The van der Waals surface area contributed by atoms with Crippen LogP contribution < -0.4 is 10.1 Å². The monoisotopic (exact) mass is 504 g/mol. The van der Waals surface area contributed by atoms with E-state index in [9.17, 15) is 9.59 Å². The molecule has 1 atom stereocenters. The number of carbonyl (C=O) groups excluding carboxylic acids is 2. The Labute approximate surface area is 192 Å². The maximum Gasteiger partial charge on any atom is 0.211 e. The minimum absolute atomic E-state index is 0.0608. The summed E-state index contributed by atoms with van der Waals surface area (Å²) in [5.74, 6) is 0.469. The first-order valence-electron chi connectivity index (χ1n) is 9.32. The van der Waals surface area contributed by atoms with Crippen molar-refractivity contribution in [3.8, 4) is 5.75 Å². The Morgan fingerprint density at radius 3 is 2.73 bits per heavy atom. The van der Waals surface area contributed by atoms with Crippen molar-refractivity contribution >= 4 is 56.9 Å². The fraction of sp³-hybridized carbons (Fsp3) is 0.227. The standard InChI is InChI=1S/C22H21BrN2O3S2/c1-3-28-18-10-9-16(11-17(18)24-13-26)20(27)21(15-7-5-4-6-8-15)30-22-19(12-23)29-14(2)25-22/h4-11,13,21H,3,12H2,1-2H3,(H,24,26). The molecule has 8 heteroatoms. The first kappa shape index (κ1) is 22.5. The highest BCUT2D eigenvalue weighted by Gasteiger charge is 2.26. The molecule has 0 spiro atoms. The molecule has 2 aromatic carbocycles. The molecule has 0 radical (unpaired) electrons. The van der Waals surface area contributed by atoms with Crippen molar-refractivity contribution in [3.63, 3.8) is 0 Å². The number of rotatable bonds is 10. The van der Waals surface area contributed by atoms with Gasteiger partial charge < -0.3 is 10.1 Å². The molecule has 3 aromatic rings. The number of anilines is 1.